The quantitative estimate of drug-likeness (QED) is 0.395. The molecule has 0 spiro atoms. The van der Waals surface area contributed by atoms with Crippen molar-refractivity contribution in [2.75, 3.05) is 0 Å². The lowest BCUT2D eigenvalue weighted by Gasteiger charge is -2.08. The number of oxime groups is 1. The van der Waals surface area contributed by atoms with Crippen LogP contribution in [0.25, 0.3) is 0 Å². The van der Waals surface area contributed by atoms with Gasteiger partial charge < -0.3 is 10.9 Å². The maximum atomic E-state index is 13.2. The van der Waals surface area contributed by atoms with Crippen LogP contribution in [0.1, 0.15) is 11.3 Å². The van der Waals surface area contributed by atoms with Crippen LogP contribution in [0.2, 0.25) is 0 Å². The second-order valence-corrected chi connectivity index (χ2v) is 5.03. The van der Waals surface area contributed by atoms with Crippen molar-refractivity contribution in [2.45, 2.75) is 16.8 Å². The highest BCUT2D eigenvalue weighted by Crippen LogP contribution is 2.30. The standard InChI is InChI=1S/C13H11F2N3OS/c1-7-2-4-9(12(16)18-19)13(17-7)20-8-3-5-10(14)11(15)6-8/h2-6,19H,1H3,(H2,16,18). The first-order chi connectivity index (χ1) is 9.51. The van der Waals surface area contributed by atoms with E-state index in [1.165, 1.54) is 6.07 Å². The number of amidine groups is 1. The summed E-state index contributed by atoms with van der Waals surface area (Å²) >= 11 is 1.11. The summed E-state index contributed by atoms with van der Waals surface area (Å²) in [4.78, 5) is 4.73. The lowest BCUT2D eigenvalue weighted by Crippen LogP contribution is -2.15. The number of rotatable bonds is 3. The zero-order valence-electron chi connectivity index (χ0n) is 10.5. The maximum Gasteiger partial charge on any atom is 0.172 e. The molecule has 3 N–H and O–H groups in total. The SMILES string of the molecule is Cc1ccc(C(N)=NO)c(Sc2ccc(F)c(F)c2)n1. The Balaban J connectivity index is 2.41. The third-order valence-corrected chi connectivity index (χ3v) is 3.48. The molecule has 0 atom stereocenters. The monoisotopic (exact) mass is 295 g/mol. The van der Waals surface area contributed by atoms with Gasteiger partial charge in [-0.3, -0.25) is 0 Å². The van der Waals surface area contributed by atoms with E-state index < -0.39 is 11.6 Å². The highest BCUT2D eigenvalue weighted by Gasteiger charge is 2.12. The maximum absolute atomic E-state index is 13.2. The van der Waals surface area contributed by atoms with Gasteiger partial charge in [0.1, 0.15) is 5.03 Å². The van der Waals surface area contributed by atoms with E-state index in [1.807, 2.05) is 0 Å². The zero-order chi connectivity index (χ0) is 14.7. The number of nitrogens with two attached hydrogens (primary N) is 1. The number of halogens is 2. The molecule has 7 heteroatoms. The van der Waals surface area contributed by atoms with Crippen molar-refractivity contribution in [1.82, 2.24) is 4.98 Å². The van der Waals surface area contributed by atoms with Gasteiger partial charge in [-0.25, -0.2) is 13.8 Å². The summed E-state index contributed by atoms with van der Waals surface area (Å²) < 4.78 is 26.1. The van der Waals surface area contributed by atoms with Crippen LogP contribution in [-0.4, -0.2) is 16.0 Å². The van der Waals surface area contributed by atoms with Crippen molar-refractivity contribution in [1.29, 1.82) is 0 Å². The number of nitrogens with zero attached hydrogens (tertiary/aromatic N) is 2. The van der Waals surface area contributed by atoms with Gasteiger partial charge in [0.05, 0.1) is 5.56 Å². The van der Waals surface area contributed by atoms with E-state index in [1.54, 1.807) is 19.1 Å². The van der Waals surface area contributed by atoms with E-state index >= 15 is 0 Å². The van der Waals surface area contributed by atoms with Crippen LogP contribution in [-0.2, 0) is 0 Å². The number of aryl methyl sites for hydroxylation is 1. The molecule has 0 radical (unpaired) electrons. The van der Waals surface area contributed by atoms with Gasteiger partial charge in [0.25, 0.3) is 0 Å². The van der Waals surface area contributed by atoms with Crippen LogP contribution < -0.4 is 5.73 Å². The van der Waals surface area contributed by atoms with Gasteiger partial charge in [0, 0.05) is 10.6 Å². The summed E-state index contributed by atoms with van der Waals surface area (Å²) in [6.07, 6.45) is 0. The molecule has 1 aromatic heterocycles. The molecule has 0 bridgehead atoms. The molecule has 0 saturated heterocycles. The molecule has 1 heterocycles. The third kappa shape index (κ3) is 3.05. The van der Waals surface area contributed by atoms with Crippen LogP contribution >= 0.6 is 11.8 Å². The molecule has 2 rings (SSSR count). The first-order valence-electron chi connectivity index (χ1n) is 5.59. The molecule has 0 fully saturated rings. The first kappa shape index (κ1) is 14.3. The van der Waals surface area contributed by atoms with Crippen molar-refractivity contribution >= 4 is 17.6 Å². The largest absolute Gasteiger partial charge is 0.409 e. The summed E-state index contributed by atoms with van der Waals surface area (Å²) in [5.41, 5.74) is 6.72. The smallest absolute Gasteiger partial charge is 0.172 e. The summed E-state index contributed by atoms with van der Waals surface area (Å²) in [6.45, 7) is 1.78. The van der Waals surface area contributed by atoms with E-state index in [-0.39, 0.29) is 5.84 Å². The van der Waals surface area contributed by atoms with Crippen LogP contribution in [0.3, 0.4) is 0 Å². The minimum absolute atomic E-state index is 0.0948. The van der Waals surface area contributed by atoms with Gasteiger partial charge in [-0.05, 0) is 37.3 Å². The fourth-order valence-corrected chi connectivity index (χ4v) is 2.51. The molecule has 104 valence electrons. The molecule has 0 saturated carbocycles. The fourth-order valence-electron chi connectivity index (χ4n) is 1.51. The third-order valence-electron chi connectivity index (χ3n) is 2.49. The Bertz CT molecular complexity index is 677. The van der Waals surface area contributed by atoms with Crippen molar-refractivity contribution in [3.05, 3.63) is 53.2 Å². The minimum atomic E-state index is -0.937. The van der Waals surface area contributed by atoms with Crippen molar-refractivity contribution in [3.63, 3.8) is 0 Å². The van der Waals surface area contributed by atoms with Gasteiger partial charge in [-0.15, -0.1) is 0 Å². The van der Waals surface area contributed by atoms with E-state index in [0.29, 0.717) is 15.5 Å². The molecule has 0 aliphatic heterocycles. The van der Waals surface area contributed by atoms with Gasteiger partial charge in [-0.2, -0.15) is 0 Å². The summed E-state index contributed by atoms with van der Waals surface area (Å²) in [5.74, 6) is -1.95. The van der Waals surface area contributed by atoms with E-state index in [9.17, 15) is 8.78 Å². The lowest BCUT2D eigenvalue weighted by atomic mass is 10.2. The average molecular weight is 295 g/mol. The normalized spacial score (nSPS) is 11.7. The number of pyridine rings is 1. The molecule has 0 aliphatic carbocycles. The van der Waals surface area contributed by atoms with E-state index in [2.05, 4.69) is 10.1 Å². The Labute approximate surface area is 118 Å². The van der Waals surface area contributed by atoms with Gasteiger partial charge >= 0.3 is 0 Å². The Morgan fingerprint density at radius 2 is 2.00 bits per heavy atom. The fraction of sp³-hybridized carbons (Fsp3) is 0.0769. The number of hydrogen-bond acceptors (Lipinski definition) is 4. The molecule has 0 amide bonds. The topological polar surface area (TPSA) is 71.5 Å². The number of aromatic nitrogens is 1. The van der Waals surface area contributed by atoms with Crippen molar-refractivity contribution in [3.8, 4) is 0 Å². The summed E-state index contributed by atoms with van der Waals surface area (Å²) in [5, 5.41) is 12.1. The Kier molecular flexibility index (Phi) is 4.19. The molecule has 20 heavy (non-hydrogen) atoms. The summed E-state index contributed by atoms with van der Waals surface area (Å²) in [7, 11) is 0. The van der Waals surface area contributed by atoms with Gasteiger partial charge in [0.2, 0.25) is 0 Å². The second kappa shape index (κ2) is 5.87. The molecule has 2 aromatic rings. The minimum Gasteiger partial charge on any atom is -0.409 e. The molecule has 0 unspecified atom stereocenters. The van der Waals surface area contributed by atoms with Crippen LogP contribution in [0.4, 0.5) is 8.78 Å². The van der Waals surface area contributed by atoms with E-state index in [4.69, 9.17) is 10.9 Å². The first-order valence-corrected chi connectivity index (χ1v) is 6.41. The molecule has 4 nitrogen and oxygen atoms in total. The summed E-state index contributed by atoms with van der Waals surface area (Å²) in [6, 6.07) is 6.90. The second-order valence-electron chi connectivity index (χ2n) is 3.97. The molecular weight excluding hydrogens is 284 g/mol. The number of hydrogen-bond donors (Lipinski definition) is 2. The highest BCUT2D eigenvalue weighted by atomic mass is 32.2. The highest BCUT2D eigenvalue weighted by molar-refractivity contribution is 7.99. The lowest BCUT2D eigenvalue weighted by molar-refractivity contribution is 0.318. The Morgan fingerprint density at radius 3 is 2.65 bits per heavy atom. The number of benzene rings is 1. The van der Waals surface area contributed by atoms with E-state index in [0.717, 1.165) is 29.6 Å². The Morgan fingerprint density at radius 1 is 1.25 bits per heavy atom. The van der Waals surface area contributed by atoms with Crippen molar-refractivity contribution in [2.24, 2.45) is 10.9 Å². The van der Waals surface area contributed by atoms with Crippen molar-refractivity contribution < 1.29 is 14.0 Å². The molecule has 0 aliphatic rings. The predicted molar refractivity (Wildman–Crippen MR) is 72.0 cm³/mol. The molecule has 1 aromatic carbocycles. The predicted octanol–water partition coefficient (Wildman–Crippen LogP) is 2.91. The van der Waals surface area contributed by atoms with Crippen LogP contribution in [0.5, 0.6) is 0 Å². The van der Waals surface area contributed by atoms with Gasteiger partial charge in [0.15, 0.2) is 17.5 Å². The zero-order valence-corrected chi connectivity index (χ0v) is 11.3. The molecular formula is C13H11F2N3OS. The average Bonchev–Trinajstić information content (AvgIpc) is 2.42. The van der Waals surface area contributed by atoms with Gasteiger partial charge in [-0.1, -0.05) is 16.9 Å². The van der Waals surface area contributed by atoms with Crippen LogP contribution in [0.15, 0.2) is 45.4 Å². The Hall–Kier alpha value is -2.15. The van der Waals surface area contributed by atoms with Crippen LogP contribution in [0, 0.1) is 18.6 Å².